The van der Waals surface area contributed by atoms with E-state index >= 15 is 0 Å². The molecule has 0 fully saturated rings. The molecule has 0 aliphatic heterocycles. The van der Waals surface area contributed by atoms with Gasteiger partial charge < -0.3 is 5.73 Å². The van der Waals surface area contributed by atoms with Crippen molar-refractivity contribution in [1.29, 1.82) is 0 Å². The lowest BCUT2D eigenvalue weighted by Crippen LogP contribution is -2.36. The van der Waals surface area contributed by atoms with Crippen molar-refractivity contribution in [2.24, 2.45) is 11.1 Å². The van der Waals surface area contributed by atoms with Crippen LogP contribution in [0.25, 0.3) is 5.78 Å². The van der Waals surface area contributed by atoms with Gasteiger partial charge in [0.25, 0.3) is 0 Å². The lowest BCUT2D eigenvalue weighted by Gasteiger charge is -2.28. The highest BCUT2D eigenvalue weighted by atomic mass is 15.1. The van der Waals surface area contributed by atoms with Gasteiger partial charge in [0.05, 0.1) is 5.69 Å². The molecular weight excluding hydrogens is 250 g/mol. The summed E-state index contributed by atoms with van der Waals surface area (Å²) in [4.78, 5) is 11.3. The highest BCUT2D eigenvalue weighted by Crippen LogP contribution is 2.16. The molecule has 2 heterocycles. The molecule has 0 unspecified atom stereocenters. The van der Waals surface area contributed by atoms with Crippen LogP contribution < -0.4 is 5.73 Å². The zero-order valence-corrected chi connectivity index (χ0v) is 13.1. The number of hydrogen-bond donors (Lipinski definition) is 1. The molecule has 0 saturated carbocycles. The number of nitrogens with two attached hydrogens (primary N) is 1. The Morgan fingerprint density at radius 3 is 2.65 bits per heavy atom. The molecule has 0 bridgehead atoms. The minimum Gasteiger partial charge on any atom is -0.330 e. The average molecular weight is 275 g/mol. The van der Waals surface area contributed by atoms with Crippen LogP contribution in [-0.2, 0) is 6.54 Å². The molecule has 0 saturated heterocycles. The van der Waals surface area contributed by atoms with Crippen LogP contribution in [0.2, 0.25) is 0 Å². The number of imidazole rings is 1. The van der Waals surface area contributed by atoms with Crippen LogP contribution in [0, 0.1) is 19.3 Å². The van der Waals surface area contributed by atoms with Gasteiger partial charge in [0.15, 0.2) is 0 Å². The van der Waals surface area contributed by atoms with Crippen LogP contribution in [0.15, 0.2) is 12.3 Å². The Hall–Kier alpha value is -1.46. The summed E-state index contributed by atoms with van der Waals surface area (Å²) in [7, 11) is 2.10. The van der Waals surface area contributed by atoms with E-state index in [4.69, 9.17) is 5.73 Å². The van der Waals surface area contributed by atoms with Gasteiger partial charge in [0.2, 0.25) is 5.78 Å². The molecule has 0 radical (unpaired) electrons. The molecule has 2 aromatic rings. The molecule has 110 valence electrons. The quantitative estimate of drug-likeness (QED) is 0.903. The molecule has 0 aromatic carbocycles. The third-order valence-electron chi connectivity index (χ3n) is 3.49. The fourth-order valence-corrected chi connectivity index (χ4v) is 2.52. The Bertz CT molecular complexity index is 600. The van der Waals surface area contributed by atoms with E-state index in [1.807, 2.05) is 11.3 Å². The first-order chi connectivity index (χ1) is 9.30. The van der Waals surface area contributed by atoms with Gasteiger partial charge in [-0.05, 0) is 38.9 Å². The molecule has 0 aliphatic rings. The minimum atomic E-state index is 0.124. The topological polar surface area (TPSA) is 59.5 Å². The van der Waals surface area contributed by atoms with Gasteiger partial charge in [-0.2, -0.15) is 0 Å². The maximum Gasteiger partial charge on any atom is 0.234 e. The van der Waals surface area contributed by atoms with E-state index in [2.05, 4.69) is 54.9 Å². The summed E-state index contributed by atoms with van der Waals surface area (Å²) in [6.07, 6.45) is 2.07. The van der Waals surface area contributed by atoms with Gasteiger partial charge in [-0.1, -0.05) is 13.8 Å². The van der Waals surface area contributed by atoms with Crippen LogP contribution in [-0.4, -0.2) is 39.4 Å². The minimum absolute atomic E-state index is 0.124. The maximum atomic E-state index is 5.79. The van der Waals surface area contributed by atoms with Crippen LogP contribution in [0.4, 0.5) is 0 Å². The number of aryl methyl sites for hydroxylation is 2. The molecule has 0 atom stereocenters. The van der Waals surface area contributed by atoms with E-state index in [0.717, 1.165) is 35.9 Å². The summed E-state index contributed by atoms with van der Waals surface area (Å²) < 4.78 is 2.05. The van der Waals surface area contributed by atoms with Gasteiger partial charge in [-0.15, -0.1) is 0 Å². The molecule has 2 N–H and O–H groups in total. The van der Waals surface area contributed by atoms with Crippen molar-refractivity contribution in [2.45, 2.75) is 34.2 Å². The SMILES string of the molecule is Cc1cc(C)n2cc(CN(C)CC(C)(C)CN)nc2n1. The molecule has 5 heteroatoms. The first kappa shape index (κ1) is 14.9. The Kier molecular flexibility index (Phi) is 4.11. The smallest absolute Gasteiger partial charge is 0.234 e. The van der Waals surface area contributed by atoms with E-state index < -0.39 is 0 Å². The average Bonchev–Trinajstić information content (AvgIpc) is 2.70. The zero-order chi connectivity index (χ0) is 14.9. The van der Waals surface area contributed by atoms with Gasteiger partial charge in [-0.25, -0.2) is 9.97 Å². The maximum absolute atomic E-state index is 5.79. The van der Waals surface area contributed by atoms with E-state index in [-0.39, 0.29) is 5.41 Å². The summed E-state index contributed by atoms with van der Waals surface area (Å²) in [5.74, 6) is 0.781. The van der Waals surface area contributed by atoms with Gasteiger partial charge >= 0.3 is 0 Å². The van der Waals surface area contributed by atoms with Crippen molar-refractivity contribution in [3.8, 4) is 0 Å². The molecule has 0 aliphatic carbocycles. The van der Waals surface area contributed by atoms with E-state index in [1.165, 1.54) is 0 Å². The fourth-order valence-electron chi connectivity index (χ4n) is 2.52. The number of rotatable bonds is 5. The Morgan fingerprint density at radius 1 is 1.30 bits per heavy atom. The van der Waals surface area contributed by atoms with Crippen molar-refractivity contribution in [3.63, 3.8) is 0 Å². The first-order valence-corrected chi connectivity index (χ1v) is 7.01. The van der Waals surface area contributed by atoms with Crippen molar-refractivity contribution >= 4 is 5.78 Å². The Labute approximate surface area is 120 Å². The van der Waals surface area contributed by atoms with Crippen LogP contribution >= 0.6 is 0 Å². The fraction of sp³-hybridized carbons (Fsp3) is 0.600. The summed E-state index contributed by atoms with van der Waals surface area (Å²) in [6.45, 7) is 10.9. The molecule has 0 amide bonds. The largest absolute Gasteiger partial charge is 0.330 e. The zero-order valence-electron chi connectivity index (χ0n) is 13.1. The second-order valence-electron chi connectivity index (χ2n) is 6.48. The van der Waals surface area contributed by atoms with E-state index in [9.17, 15) is 0 Å². The molecular formula is C15H25N5. The number of hydrogen-bond acceptors (Lipinski definition) is 4. The standard InChI is InChI=1S/C15H25N5/c1-11-6-12(2)20-8-13(18-14(20)17-11)7-19(5)10-15(3,4)9-16/h6,8H,7,9-10,16H2,1-5H3. The molecule has 2 aromatic heterocycles. The Balaban J connectivity index is 2.16. The van der Waals surface area contributed by atoms with Crippen LogP contribution in [0.1, 0.15) is 30.9 Å². The molecule has 5 nitrogen and oxygen atoms in total. The summed E-state index contributed by atoms with van der Waals surface area (Å²) in [5.41, 5.74) is 9.12. The Morgan fingerprint density at radius 2 is 2.00 bits per heavy atom. The van der Waals surface area contributed by atoms with Crippen molar-refractivity contribution < 1.29 is 0 Å². The second kappa shape index (κ2) is 5.50. The number of aromatic nitrogens is 3. The predicted molar refractivity (Wildman–Crippen MR) is 81.6 cm³/mol. The van der Waals surface area contributed by atoms with Crippen LogP contribution in [0.5, 0.6) is 0 Å². The van der Waals surface area contributed by atoms with Crippen molar-refractivity contribution in [3.05, 3.63) is 29.3 Å². The third kappa shape index (κ3) is 3.35. The highest BCUT2D eigenvalue weighted by Gasteiger charge is 2.18. The lowest BCUT2D eigenvalue weighted by atomic mass is 9.93. The van der Waals surface area contributed by atoms with Gasteiger partial charge in [-0.3, -0.25) is 9.30 Å². The summed E-state index contributed by atoms with van der Waals surface area (Å²) in [5, 5.41) is 0. The van der Waals surface area contributed by atoms with Crippen molar-refractivity contribution in [1.82, 2.24) is 19.3 Å². The molecule has 2 rings (SSSR count). The summed E-state index contributed by atoms with van der Waals surface area (Å²) in [6, 6.07) is 2.07. The molecule has 20 heavy (non-hydrogen) atoms. The predicted octanol–water partition coefficient (Wildman–Crippen LogP) is 1.76. The lowest BCUT2D eigenvalue weighted by molar-refractivity contribution is 0.208. The van der Waals surface area contributed by atoms with Gasteiger partial charge in [0.1, 0.15) is 0 Å². The number of nitrogens with zero attached hydrogens (tertiary/aromatic N) is 4. The monoisotopic (exact) mass is 275 g/mol. The van der Waals surface area contributed by atoms with Crippen LogP contribution in [0.3, 0.4) is 0 Å². The van der Waals surface area contributed by atoms with E-state index in [1.54, 1.807) is 0 Å². The van der Waals surface area contributed by atoms with E-state index in [0.29, 0.717) is 6.54 Å². The normalized spacial score (nSPS) is 12.6. The molecule has 0 spiro atoms. The first-order valence-electron chi connectivity index (χ1n) is 7.01. The van der Waals surface area contributed by atoms with Crippen molar-refractivity contribution in [2.75, 3.05) is 20.1 Å². The summed E-state index contributed by atoms with van der Waals surface area (Å²) >= 11 is 0. The van der Waals surface area contributed by atoms with Gasteiger partial charge in [0, 0.05) is 30.7 Å². The highest BCUT2D eigenvalue weighted by molar-refractivity contribution is 5.34. The second-order valence-corrected chi connectivity index (χ2v) is 6.48. The third-order valence-corrected chi connectivity index (χ3v) is 3.49. The number of fused-ring (bicyclic) bond motifs is 1.